The van der Waals surface area contributed by atoms with Crippen molar-refractivity contribution in [3.8, 4) is 0 Å². The standard InChI is InChI=1S/C12H20N2O3/c1-3-10-9-17-12(13-10)14-5-4-11(8-14)16-7-6-15-2/h9,11H,3-8H2,1-2H3/t11-/m0/s1. The third kappa shape index (κ3) is 3.20. The van der Waals surface area contributed by atoms with Gasteiger partial charge in [-0.25, -0.2) is 0 Å². The predicted octanol–water partition coefficient (Wildman–Crippen LogP) is 1.48. The second-order valence-corrected chi connectivity index (χ2v) is 4.20. The number of anilines is 1. The van der Waals surface area contributed by atoms with E-state index >= 15 is 0 Å². The number of ether oxygens (including phenoxy) is 2. The topological polar surface area (TPSA) is 47.7 Å². The molecule has 2 heterocycles. The summed E-state index contributed by atoms with van der Waals surface area (Å²) in [5.74, 6) is 0. The zero-order valence-corrected chi connectivity index (χ0v) is 10.5. The molecule has 1 saturated heterocycles. The molecule has 1 atom stereocenters. The molecule has 0 saturated carbocycles. The number of rotatable bonds is 6. The molecular formula is C12H20N2O3. The molecule has 0 bridgehead atoms. The van der Waals surface area contributed by atoms with E-state index in [0.29, 0.717) is 13.2 Å². The van der Waals surface area contributed by atoms with Gasteiger partial charge in [-0.2, -0.15) is 4.98 Å². The molecule has 0 unspecified atom stereocenters. The van der Waals surface area contributed by atoms with Crippen molar-refractivity contribution in [1.82, 2.24) is 4.98 Å². The van der Waals surface area contributed by atoms with E-state index in [1.165, 1.54) is 0 Å². The molecule has 5 heteroatoms. The third-order valence-electron chi connectivity index (χ3n) is 2.96. The number of methoxy groups -OCH3 is 1. The van der Waals surface area contributed by atoms with Gasteiger partial charge in [0, 0.05) is 20.2 Å². The maximum absolute atomic E-state index is 5.69. The molecule has 5 nitrogen and oxygen atoms in total. The van der Waals surface area contributed by atoms with Crippen molar-refractivity contribution >= 4 is 6.01 Å². The van der Waals surface area contributed by atoms with Gasteiger partial charge in [-0.15, -0.1) is 0 Å². The summed E-state index contributed by atoms with van der Waals surface area (Å²) in [5.41, 5.74) is 1.00. The SMILES string of the molecule is CCc1coc(N2CC[C@H](OCCOC)C2)n1. The van der Waals surface area contributed by atoms with E-state index in [0.717, 1.165) is 37.6 Å². The van der Waals surface area contributed by atoms with Crippen LogP contribution >= 0.6 is 0 Å². The van der Waals surface area contributed by atoms with Crippen molar-refractivity contribution in [2.75, 3.05) is 38.3 Å². The summed E-state index contributed by atoms with van der Waals surface area (Å²) in [6.07, 6.45) is 3.93. The van der Waals surface area contributed by atoms with Crippen molar-refractivity contribution in [1.29, 1.82) is 0 Å². The fourth-order valence-electron chi connectivity index (χ4n) is 1.94. The molecule has 1 fully saturated rings. The normalized spacial score (nSPS) is 20.1. The van der Waals surface area contributed by atoms with Gasteiger partial charge in [0.25, 0.3) is 6.01 Å². The van der Waals surface area contributed by atoms with Crippen LogP contribution in [0.1, 0.15) is 19.0 Å². The minimum Gasteiger partial charge on any atom is -0.432 e. The lowest BCUT2D eigenvalue weighted by Crippen LogP contribution is -2.24. The largest absolute Gasteiger partial charge is 0.432 e. The van der Waals surface area contributed by atoms with Crippen LogP contribution in [0.25, 0.3) is 0 Å². The second kappa shape index (κ2) is 6.02. The molecule has 0 aromatic carbocycles. The van der Waals surface area contributed by atoms with Crippen LogP contribution in [-0.2, 0) is 15.9 Å². The summed E-state index contributed by atoms with van der Waals surface area (Å²) in [4.78, 5) is 6.56. The molecule has 17 heavy (non-hydrogen) atoms. The molecule has 96 valence electrons. The van der Waals surface area contributed by atoms with Crippen LogP contribution in [0.3, 0.4) is 0 Å². The first-order valence-electron chi connectivity index (χ1n) is 6.13. The molecule has 1 aliphatic heterocycles. The fraction of sp³-hybridized carbons (Fsp3) is 0.750. The van der Waals surface area contributed by atoms with Gasteiger partial charge in [-0.05, 0) is 12.8 Å². The van der Waals surface area contributed by atoms with Crippen LogP contribution in [0.4, 0.5) is 6.01 Å². The van der Waals surface area contributed by atoms with Crippen molar-refractivity contribution < 1.29 is 13.9 Å². The lowest BCUT2D eigenvalue weighted by Gasteiger charge is -2.14. The quantitative estimate of drug-likeness (QED) is 0.705. The first-order chi connectivity index (χ1) is 8.33. The van der Waals surface area contributed by atoms with Crippen LogP contribution in [0.15, 0.2) is 10.7 Å². The smallest absolute Gasteiger partial charge is 0.297 e. The molecule has 0 aliphatic carbocycles. The van der Waals surface area contributed by atoms with E-state index in [1.54, 1.807) is 13.4 Å². The van der Waals surface area contributed by atoms with E-state index in [9.17, 15) is 0 Å². The van der Waals surface area contributed by atoms with Crippen LogP contribution in [-0.4, -0.2) is 44.5 Å². The van der Waals surface area contributed by atoms with Crippen LogP contribution in [0.5, 0.6) is 0 Å². The summed E-state index contributed by atoms with van der Waals surface area (Å²) in [6.45, 7) is 5.17. The number of nitrogens with zero attached hydrogens (tertiary/aromatic N) is 2. The highest BCUT2D eigenvalue weighted by atomic mass is 16.5. The first-order valence-corrected chi connectivity index (χ1v) is 6.13. The van der Waals surface area contributed by atoms with Gasteiger partial charge in [0.1, 0.15) is 6.26 Å². The van der Waals surface area contributed by atoms with Gasteiger partial charge in [-0.3, -0.25) is 0 Å². The third-order valence-corrected chi connectivity index (χ3v) is 2.96. The summed E-state index contributed by atoms with van der Waals surface area (Å²) in [6, 6.07) is 0.722. The molecule has 1 aromatic rings. The van der Waals surface area contributed by atoms with Gasteiger partial charge in [-0.1, -0.05) is 6.92 Å². The average Bonchev–Trinajstić information content (AvgIpc) is 2.97. The number of hydrogen-bond donors (Lipinski definition) is 0. The van der Waals surface area contributed by atoms with E-state index < -0.39 is 0 Å². The van der Waals surface area contributed by atoms with Gasteiger partial charge in [0.15, 0.2) is 0 Å². The molecule has 2 rings (SSSR count). The molecule has 0 N–H and O–H groups in total. The summed E-state index contributed by atoms with van der Waals surface area (Å²) < 4.78 is 16.1. The van der Waals surface area contributed by atoms with Crippen LogP contribution in [0, 0.1) is 0 Å². The highest BCUT2D eigenvalue weighted by Gasteiger charge is 2.25. The van der Waals surface area contributed by atoms with Crippen LogP contribution < -0.4 is 4.90 Å². The Morgan fingerprint density at radius 2 is 2.41 bits per heavy atom. The zero-order valence-electron chi connectivity index (χ0n) is 10.5. The van der Waals surface area contributed by atoms with Crippen molar-refractivity contribution in [3.05, 3.63) is 12.0 Å². The Balaban J connectivity index is 1.80. The van der Waals surface area contributed by atoms with Gasteiger partial charge >= 0.3 is 0 Å². The lowest BCUT2D eigenvalue weighted by molar-refractivity contribution is 0.0279. The van der Waals surface area contributed by atoms with Crippen molar-refractivity contribution in [2.45, 2.75) is 25.9 Å². The number of aromatic nitrogens is 1. The van der Waals surface area contributed by atoms with Crippen LogP contribution in [0.2, 0.25) is 0 Å². The molecule has 1 aliphatic rings. The Kier molecular flexibility index (Phi) is 4.39. The molecule has 0 amide bonds. The van der Waals surface area contributed by atoms with Gasteiger partial charge in [0.2, 0.25) is 0 Å². The molecule has 1 aromatic heterocycles. The van der Waals surface area contributed by atoms with Crippen molar-refractivity contribution in [3.63, 3.8) is 0 Å². The Bertz CT molecular complexity index is 340. The Morgan fingerprint density at radius 3 is 3.12 bits per heavy atom. The minimum atomic E-state index is 0.266. The number of aryl methyl sites for hydroxylation is 1. The Hall–Kier alpha value is -1.07. The van der Waals surface area contributed by atoms with Gasteiger partial charge in [0.05, 0.1) is 25.0 Å². The first kappa shape index (κ1) is 12.4. The van der Waals surface area contributed by atoms with E-state index in [-0.39, 0.29) is 6.10 Å². The van der Waals surface area contributed by atoms with Crippen molar-refractivity contribution in [2.24, 2.45) is 0 Å². The summed E-state index contributed by atoms with van der Waals surface area (Å²) in [5, 5.41) is 0. The molecule has 0 radical (unpaired) electrons. The maximum atomic E-state index is 5.69. The lowest BCUT2D eigenvalue weighted by atomic mass is 10.3. The Morgan fingerprint density at radius 1 is 1.53 bits per heavy atom. The minimum absolute atomic E-state index is 0.266. The summed E-state index contributed by atoms with van der Waals surface area (Å²) in [7, 11) is 1.68. The predicted molar refractivity (Wildman–Crippen MR) is 64.3 cm³/mol. The zero-order chi connectivity index (χ0) is 12.1. The fourth-order valence-corrected chi connectivity index (χ4v) is 1.94. The summed E-state index contributed by atoms with van der Waals surface area (Å²) >= 11 is 0. The van der Waals surface area contributed by atoms with Gasteiger partial charge < -0.3 is 18.8 Å². The number of hydrogen-bond acceptors (Lipinski definition) is 5. The maximum Gasteiger partial charge on any atom is 0.297 e. The highest BCUT2D eigenvalue weighted by Crippen LogP contribution is 2.21. The number of oxazole rings is 1. The average molecular weight is 240 g/mol. The molecule has 0 spiro atoms. The highest BCUT2D eigenvalue weighted by molar-refractivity contribution is 5.29. The molecular weight excluding hydrogens is 220 g/mol. The van der Waals surface area contributed by atoms with E-state index in [2.05, 4.69) is 16.8 Å². The van der Waals surface area contributed by atoms with E-state index in [1.807, 2.05) is 0 Å². The second-order valence-electron chi connectivity index (χ2n) is 4.20. The Labute approximate surface area is 102 Å². The van der Waals surface area contributed by atoms with E-state index in [4.69, 9.17) is 13.9 Å². The monoisotopic (exact) mass is 240 g/mol.